The number of rotatable bonds is 3. The highest BCUT2D eigenvalue weighted by atomic mass is 16.4. The van der Waals surface area contributed by atoms with Crippen LogP contribution in [0.2, 0.25) is 0 Å². The lowest BCUT2D eigenvalue weighted by Crippen LogP contribution is -2.36. The summed E-state index contributed by atoms with van der Waals surface area (Å²) in [7, 11) is 0. The molecule has 4 rings (SSSR count). The standard InChI is InChI=1S/C18H21N3O2/c22-18(14-10-11-14)21-12-6-2-5-9-15(21)17-20-19-16(23-17)13-7-3-1-4-8-13/h1,3-4,7-8,14-15H,2,5-6,9-12H2. The quantitative estimate of drug-likeness (QED) is 0.869. The van der Waals surface area contributed by atoms with Crippen LogP contribution in [0.25, 0.3) is 11.5 Å². The fourth-order valence-corrected chi connectivity index (χ4v) is 3.26. The van der Waals surface area contributed by atoms with Gasteiger partial charge in [-0.2, -0.15) is 0 Å². The summed E-state index contributed by atoms with van der Waals surface area (Å²) in [5, 5.41) is 8.45. The fraction of sp³-hybridized carbons (Fsp3) is 0.500. The van der Waals surface area contributed by atoms with Gasteiger partial charge in [-0.25, -0.2) is 0 Å². The first-order valence-electron chi connectivity index (χ1n) is 8.52. The van der Waals surface area contributed by atoms with Crippen molar-refractivity contribution in [2.75, 3.05) is 6.54 Å². The maximum atomic E-state index is 12.6. The van der Waals surface area contributed by atoms with Crippen LogP contribution in [0.5, 0.6) is 0 Å². The number of likely N-dealkylation sites (tertiary alicyclic amines) is 1. The normalized spacial score (nSPS) is 21.9. The van der Waals surface area contributed by atoms with E-state index in [2.05, 4.69) is 10.2 Å². The zero-order valence-corrected chi connectivity index (χ0v) is 13.1. The topological polar surface area (TPSA) is 59.2 Å². The van der Waals surface area contributed by atoms with Crippen molar-refractivity contribution in [2.24, 2.45) is 5.92 Å². The molecule has 0 spiro atoms. The minimum atomic E-state index is -0.0597. The minimum absolute atomic E-state index is 0.0597. The molecule has 0 bridgehead atoms. The average molecular weight is 311 g/mol. The van der Waals surface area contributed by atoms with E-state index in [1.165, 1.54) is 0 Å². The van der Waals surface area contributed by atoms with Gasteiger partial charge in [0.05, 0.1) is 0 Å². The van der Waals surface area contributed by atoms with E-state index in [0.717, 1.165) is 50.6 Å². The van der Waals surface area contributed by atoms with Gasteiger partial charge in [0.15, 0.2) is 0 Å². The van der Waals surface area contributed by atoms with E-state index in [-0.39, 0.29) is 17.9 Å². The molecule has 1 aliphatic carbocycles. The van der Waals surface area contributed by atoms with Crippen LogP contribution in [0.1, 0.15) is 50.5 Å². The lowest BCUT2D eigenvalue weighted by molar-refractivity contribution is -0.135. The van der Waals surface area contributed by atoms with Gasteiger partial charge in [0.2, 0.25) is 17.7 Å². The van der Waals surface area contributed by atoms with Gasteiger partial charge in [0.1, 0.15) is 6.04 Å². The Morgan fingerprint density at radius 2 is 1.87 bits per heavy atom. The Labute approximate surface area is 135 Å². The summed E-state index contributed by atoms with van der Waals surface area (Å²) < 4.78 is 5.93. The van der Waals surface area contributed by atoms with Crippen LogP contribution < -0.4 is 0 Å². The molecule has 1 saturated carbocycles. The van der Waals surface area contributed by atoms with Gasteiger partial charge in [-0.1, -0.05) is 31.0 Å². The molecule has 2 heterocycles. The second-order valence-electron chi connectivity index (χ2n) is 6.48. The summed E-state index contributed by atoms with van der Waals surface area (Å²) >= 11 is 0. The molecule has 120 valence electrons. The first-order valence-corrected chi connectivity index (χ1v) is 8.52. The Kier molecular flexibility index (Phi) is 3.85. The summed E-state index contributed by atoms with van der Waals surface area (Å²) in [6, 6.07) is 9.72. The van der Waals surface area contributed by atoms with E-state index in [9.17, 15) is 4.79 Å². The molecule has 1 aliphatic heterocycles. The zero-order valence-electron chi connectivity index (χ0n) is 13.1. The summed E-state index contributed by atoms with van der Waals surface area (Å²) in [4.78, 5) is 14.6. The molecular formula is C18H21N3O2. The van der Waals surface area contributed by atoms with Crippen LogP contribution in [-0.2, 0) is 4.79 Å². The summed E-state index contributed by atoms with van der Waals surface area (Å²) in [5.74, 6) is 1.62. The summed E-state index contributed by atoms with van der Waals surface area (Å²) in [6.07, 6.45) is 6.29. The van der Waals surface area contributed by atoms with Gasteiger partial charge in [0, 0.05) is 18.0 Å². The van der Waals surface area contributed by atoms with E-state index in [0.29, 0.717) is 11.8 Å². The molecule has 5 heteroatoms. The summed E-state index contributed by atoms with van der Waals surface area (Å²) in [5.41, 5.74) is 0.917. The lowest BCUT2D eigenvalue weighted by Gasteiger charge is -2.27. The Morgan fingerprint density at radius 3 is 2.65 bits per heavy atom. The molecule has 1 aromatic heterocycles. The van der Waals surface area contributed by atoms with Crippen LogP contribution in [0.15, 0.2) is 34.7 Å². The van der Waals surface area contributed by atoms with Crippen LogP contribution in [0, 0.1) is 5.92 Å². The zero-order chi connectivity index (χ0) is 15.6. The molecule has 1 unspecified atom stereocenters. The molecule has 1 amide bonds. The van der Waals surface area contributed by atoms with Gasteiger partial charge in [-0.3, -0.25) is 4.79 Å². The van der Waals surface area contributed by atoms with Crippen molar-refractivity contribution in [1.29, 1.82) is 0 Å². The average Bonchev–Trinajstić information content (AvgIpc) is 3.37. The van der Waals surface area contributed by atoms with E-state index in [1.54, 1.807) is 0 Å². The summed E-state index contributed by atoms with van der Waals surface area (Å²) in [6.45, 7) is 0.809. The van der Waals surface area contributed by atoms with Crippen molar-refractivity contribution in [3.8, 4) is 11.5 Å². The van der Waals surface area contributed by atoms with Gasteiger partial charge in [-0.15, -0.1) is 10.2 Å². The Hall–Kier alpha value is -2.17. The van der Waals surface area contributed by atoms with Crippen molar-refractivity contribution < 1.29 is 9.21 Å². The maximum Gasteiger partial charge on any atom is 0.247 e. The van der Waals surface area contributed by atoms with Crippen molar-refractivity contribution in [3.05, 3.63) is 36.2 Å². The van der Waals surface area contributed by atoms with Crippen LogP contribution in [0.4, 0.5) is 0 Å². The molecule has 1 aromatic carbocycles. The molecule has 0 radical (unpaired) electrons. The van der Waals surface area contributed by atoms with Crippen LogP contribution in [0.3, 0.4) is 0 Å². The third kappa shape index (κ3) is 3.00. The van der Waals surface area contributed by atoms with E-state index in [1.807, 2.05) is 35.2 Å². The van der Waals surface area contributed by atoms with Gasteiger partial charge < -0.3 is 9.32 Å². The predicted octanol–water partition coefficient (Wildman–Crippen LogP) is 3.59. The Morgan fingerprint density at radius 1 is 1.04 bits per heavy atom. The molecular weight excluding hydrogens is 290 g/mol. The maximum absolute atomic E-state index is 12.6. The molecule has 23 heavy (non-hydrogen) atoms. The van der Waals surface area contributed by atoms with Crippen LogP contribution >= 0.6 is 0 Å². The number of hydrogen-bond donors (Lipinski definition) is 0. The molecule has 1 saturated heterocycles. The predicted molar refractivity (Wildman–Crippen MR) is 85.4 cm³/mol. The van der Waals surface area contributed by atoms with Crippen LogP contribution in [-0.4, -0.2) is 27.5 Å². The van der Waals surface area contributed by atoms with Gasteiger partial charge in [-0.05, 0) is 37.8 Å². The number of aromatic nitrogens is 2. The van der Waals surface area contributed by atoms with E-state index >= 15 is 0 Å². The molecule has 5 nitrogen and oxygen atoms in total. The third-order valence-corrected chi connectivity index (χ3v) is 4.71. The largest absolute Gasteiger partial charge is 0.418 e. The SMILES string of the molecule is O=C(C1CC1)N1CCCCCC1c1nnc(-c2ccccc2)o1. The number of carbonyl (C=O) groups excluding carboxylic acids is 1. The van der Waals surface area contributed by atoms with Gasteiger partial charge in [0.25, 0.3) is 0 Å². The van der Waals surface area contributed by atoms with Crippen molar-refractivity contribution in [1.82, 2.24) is 15.1 Å². The number of nitrogens with zero attached hydrogens (tertiary/aromatic N) is 3. The Bertz CT molecular complexity index is 679. The first-order chi connectivity index (χ1) is 11.3. The highest BCUT2D eigenvalue weighted by Gasteiger charge is 2.38. The Balaban J connectivity index is 1.61. The van der Waals surface area contributed by atoms with Gasteiger partial charge >= 0.3 is 0 Å². The third-order valence-electron chi connectivity index (χ3n) is 4.71. The number of carbonyl (C=O) groups is 1. The highest BCUT2D eigenvalue weighted by Crippen LogP contribution is 2.37. The lowest BCUT2D eigenvalue weighted by atomic mass is 10.1. The second-order valence-corrected chi connectivity index (χ2v) is 6.48. The number of amides is 1. The molecule has 2 aromatic rings. The first kappa shape index (κ1) is 14.4. The smallest absolute Gasteiger partial charge is 0.247 e. The monoisotopic (exact) mass is 311 g/mol. The molecule has 2 aliphatic rings. The minimum Gasteiger partial charge on any atom is -0.418 e. The highest BCUT2D eigenvalue weighted by molar-refractivity contribution is 5.81. The molecule has 0 N–H and O–H groups in total. The number of hydrogen-bond acceptors (Lipinski definition) is 4. The fourth-order valence-electron chi connectivity index (χ4n) is 3.26. The van der Waals surface area contributed by atoms with Crippen molar-refractivity contribution in [2.45, 2.75) is 44.6 Å². The van der Waals surface area contributed by atoms with E-state index < -0.39 is 0 Å². The molecule has 2 fully saturated rings. The van der Waals surface area contributed by atoms with Crippen molar-refractivity contribution in [3.63, 3.8) is 0 Å². The molecule has 1 atom stereocenters. The second kappa shape index (κ2) is 6.14. The van der Waals surface area contributed by atoms with Crippen molar-refractivity contribution >= 4 is 5.91 Å². The number of benzene rings is 1. The van der Waals surface area contributed by atoms with E-state index in [4.69, 9.17) is 4.42 Å².